The second-order valence-electron chi connectivity index (χ2n) is 10.7. The molecule has 0 spiro atoms. The van der Waals surface area contributed by atoms with Crippen molar-refractivity contribution >= 4 is 21.6 Å². The largest absolute Gasteiger partial charge is 0.490 e. The van der Waals surface area contributed by atoms with Crippen molar-refractivity contribution in [3.63, 3.8) is 0 Å². The summed E-state index contributed by atoms with van der Waals surface area (Å²) in [6.07, 6.45) is 13.5. The molecule has 180 valence electrons. The third-order valence-corrected chi connectivity index (χ3v) is 10.1. The lowest BCUT2D eigenvalue weighted by atomic mass is 9.77. The Kier molecular flexibility index (Phi) is 6.37. The zero-order chi connectivity index (χ0) is 22.3. The van der Waals surface area contributed by atoms with E-state index in [4.69, 9.17) is 14.5 Å². The Labute approximate surface area is 202 Å². The molecule has 0 radical (unpaired) electrons. The monoisotopic (exact) mass is 469 g/mol. The number of rotatable bonds is 6. The van der Waals surface area contributed by atoms with E-state index in [1.807, 2.05) is 17.5 Å². The van der Waals surface area contributed by atoms with Crippen LogP contribution >= 0.6 is 11.3 Å². The van der Waals surface area contributed by atoms with Crippen molar-refractivity contribution in [1.29, 1.82) is 0 Å². The molecule has 0 bridgehead atoms. The topological polar surface area (TPSA) is 37.8 Å². The summed E-state index contributed by atoms with van der Waals surface area (Å²) in [4.78, 5) is 12.9. The molecule has 4 aliphatic rings. The van der Waals surface area contributed by atoms with E-state index in [1.54, 1.807) is 10.4 Å². The third kappa shape index (κ3) is 4.22. The maximum atomic E-state index is 6.81. The number of pyridine rings is 1. The molecule has 0 unspecified atom stereocenters. The highest BCUT2D eigenvalue weighted by Crippen LogP contribution is 2.47. The first kappa shape index (κ1) is 22.3. The molecule has 3 fully saturated rings. The molecule has 0 amide bonds. The van der Waals surface area contributed by atoms with Gasteiger partial charge in [-0.1, -0.05) is 6.92 Å². The fraction of sp³-hybridized carbons (Fsp3) is 0.741. The van der Waals surface area contributed by atoms with E-state index in [1.165, 1.54) is 74.8 Å². The number of morpholine rings is 1. The van der Waals surface area contributed by atoms with Gasteiger partial charge in [0.05, 0.1) is 24.7 Å². The van der Waals surface area contributed by atoms with Crippen molar-refractivity contribution in [1.82, 2.24) is 14.8 Å². The standard InChI is InChI=1S/C27H39N3O2S/c1-2-27(30-15-17-31-18-16-30)10-7-21(8-11-27)32-22-9-12-28-26-25(22)24-20(5-6-23(24)33-26)19-29-13-3-4-14-29/h9,12,20-21H,2-8,10-11,13-19H2,1H3/t20-,21-,27-/m1/s1. The van der Waals surface area contributed by atoms with Gasteiger partial charge >= 0.3 is 0 Å². The zero-order valence-electron chi connectivity index (χ0n) is 20.2. The van der Waals surface area contributed by atoms with Gasteiger partial charge in [-0.15, -0.1) is 11.3 Å². The van der Waals surface area contributed by atoms with Gasteiger partial charge in [-0.2, -0.15) is 0 Å². The molecule has 5 nitrogen and oxygen atoms in total. The fourth-order valence-electron chi connectivity index (χ4n) is 7.04. The Morgan fingerprint density at radius 1 is 1.12 bits per heavy atom. The van der Waals surface area contributed by atoms with Crippen molar-refractivity contribution < 1.29 is 9.47 Å². The minimum absolute atomic E-state index is 0.324. The number of fused-ring (bicyclic) bond motifs is 3. The summed E-state index contributed by atoms with van der Waals surface area (Å²) in [6, 6.07) is 2.14. The predicted octanol–water partition coefficient (Wildman–Crippen LogP) is 5.22. The van der Waals surface area contributed by atoms with Crippen LogP contribution in [0.15, 0.2) is 12.3 Å². The molecule has 0 N–H and O–H groups in total. The van der Waals surface area contributed by atoms with Gasteiger partial charge in [0, 0.05) is 36.2 Å². The van der Waals surface area contributed by atoms with Gasteiger partial charge in [-0.3, -0.25) is 4.90 Å². The van der Waals surface area contributed by atoms with Gasteiger partial charge in [0.1, 0.15) is 10.6 Å². The SMILES string of the molecule is CC[C@]1(N2CCOCC2)CC[C@H](Oc2ccnc3sc4c(c23)[C@@H](CN2CCCC2)CC4)CC1. The van der Waals surface area contributed by atoms with Crippen LogP contribution in [0.1, 0.15) is 74.6 Å². The lowest BCUT2D eigenvalue weighted by Crippen LogP contribution is -2.55. The van der Waals surface area contributed by atoms with Crippen LogP contribution < -0.4 is 4.74 Å². The van der Waals surface area contributed by atoms with Gasteiger partial charge in [0.2, 0.25) is 0 Å². The minimum Gasteiger partial charge on any atom is -0.490 e. The van der Waals surface area contributed by atoms with Crippen LogP contribution in [0.5, 0.6) is 5.75 Å². The van der Waals surface area contributed by atoms with Gasteiger partial charge in [0.15, 0.2) is 0 Å². The molecular formula is C27H39N3O2S. The Morgan fingerprint density at radius 3 is 2.67 bits per heavy atom. The molecular weight excluding hydrogens is 430 g/mol. The van der Waals surface area contributed by atoms with Crippen LogP contribution in [-0.2, 0) is 11.2 Å². The van der Waals surface area contributed by atoms with Crippen LogP contribution in [-0.4, -0.2) is 72.4 Å². The Balaban J connectivity index is 1.19. The fourth-order valence-corrected chi connectivity index (χ4v) is 8.30. The van der Waals surface area contributed by atoms with Crippen molar-refractivity contribution in [2.45, 2.75) is 82.3 Å². The number of hydrogen-bond donors (Lipinski definition) is 0. The zero-order valence-corrected chi connectivity index (χ0v) is 21.0. The lowest BCUT2D eigenvalue weighted by Gasteiger charge is -2.49. The summed E-state index contributed by atoms with van der Waals surface area (Å²) >= 11 is 1.92. The molecule has 4 heterocycles. The molecule has 1 atom stereocenters. The summed E-state index contributed by atoms with van der Waals surface area (Å²) in [6.45, 7) is 10.1. The number of likely N-dealkylation sites (tertiary alicyclic amines) is 1. The van der Waals surface area contributed by atoms with Crippen molar-refractivity contribution in [2.75, 3.05) is 45.9 Å². The summed E-state index contributed by atoms with van der Waals surface area (Å²) in [5, 5.41) is 1.35. The molecule has 2 aromatic heterocycles. The molecule has 2 saturated heterocycles. The Morgan fingerprint density at radius 2 is 1.91 bits per heavy atom. The number of nitrogens with zero attached hydrogens (tertiary/aromatic N) is 3. The quantitative estimate of drug-likeness (QED) is 0.580. The average Bonchev–Trinajstić information content (AvgIpc) is 3.59. The highest BCUT2D eigenvalue weighted by Gasteiger charge is 2.40. The van der Waals surface area contributed by atoms with E-state index < -0.39 is 0 Å². The van der Waals surface area contributed by atoms with Gasteiger partial charge < -0.3 is 14.4 Å². The van der Waals surface area contributed by atoms with E-state index in [0.29, 0.717) is 17.6 Å². The Bertz CT molecular complexity index is 956. The van der Waals surface area contributed by atoms with Crippen LogP contribution in [0.3, 0.4) is 0 Å². The minimum atomic E-state index is 0.324. The number of thiophene rings is 1. The smallest absolute Gasteiger partial charge is 0.131 e. The normalized spacial score (nSPS) is 31.3. The third-order valence-electron chi connectivity index (χ3n) is 8.97. The molecule has 33 heavy (non-hydrogen) atoms. The summed E-state index contributed by atoms with van der Waals surface area (Å²) in [7, 11) is 0. The Hall–Kier alpha value is -1.21. The second kappa shape index (κ2) is 9.44. The van der Waals surface area contributed by atoms with Crippen molar-refractivity contribution in [3.05, 3.63) is 22.7 Å². The van der Waals surface area contributed by atoms with E-state index in [9.17, 15) is 0 Å². The van der Waals surface area contributed by atoms with Crippen molar-refractivity contribution in [3.8, 4) is 5.75 Å². The maximum absolute atomic E-state index is 6.81. The molecule has 2 aromatic rings. The first-order valence-electron chi connectivity index (χ1n) is 13.4. The van der Waals surface area contributed by atoms with Gasteiger partial charge in [-0.05, 0) is 88.4 Å². The first-order valence-corrected chi connectivity index (χ1v) is 14.2. The predicted molar refractivity (Wildman–Crippen MR) is 135 cm³/mol. The number of hydrogen-bond acceptors (Lipinski definition) is 6. The molecule has 0 aromatic carbocycles. The van der Waals surface area contributed by atoms with Crippen molar-refractivity contribution in [2.24, 2.45) is 0 Å². The maximum Gasteiger partial charge on any atom is 0.131 e. The van der Waals surface area contributed by atoms with E-state index >= 15 is 0 Å². The second-order valence-corrected chi connectivity index (χ2v) is 11.7. The van der Waals surface area contributed by atoms with Crippen LogP contribution in [0.25, 0.3) is 10.2 Å². The molecule has 2 aliphatic heterocycles. The summed E-state index contributed by atoms with van der Waals surface area (Å²) < 4.78 is 12.4. The average molecular weight is 470 g/mol. The number of aryl methyl sites for hydroxylation is 1. The van der Waals surface area contributed by atoms with Crippen LogP contribution in [0, 0.1) is 0 Å². The summed E-state index contributed by atoms with van der Waals surface area (Å²) in [5.74, 6) is 1.75. The molecule has 1 saturated carbocycles. The van der Waals surface area contributed by atoms with Crippen LogP contribution in [0.4, 0.5) is 0 Å². The van der Waals surface area contributed by atoms with Gasteiger partial charge in [0.25, 0.3) is 0 Å². The van der Waals surface area contributed by atoms with Gasteiger partial charge in [-0.25, -0.2) is 4.98 Å². The molecule has 6 rings (SSSR count). The highest BCUT2D eigenvalue weighted by atomic mass is 32.1. The number of aromatic nitrogens is 1. The van der Waals surface area contributed by atoms with E-state index in [2.05, 4.69) is 22.8 Å². The van der Waals surface area contributed by atoms with E-state index in [0.717, 1.165) is 44.9 Å². The lowest BCUT2D eigenvalue weighted by molar-refractivity contribution is -0.0510. The first-order chi connectivity index (χ1) is 16.3. The number of ether oxygens (including phenoxy) is 2. The molecule has 6 heteroatoms. The summed E-state index contributed by atoms with van der Waals surface area (Å²) in [5.41, 5.74) is 1.93. The van der Waals surface area contributed by atoms with E-state index in [-0.39, 0.29) is 0 Å². The molecule has 2 aliphatic carbocycles. The van der Waals surface area contributed by atoms with Crippen LogP contribution in [0.2, 0.25) is 0 Å². The highest BCUT2D eigenvalue weighted by molar-refractivity contribution is 7.19.